The van der Waals surface area contributed by atoms with Crippen molar-refractivity contribution in [1.82, 2.24) is 25.3 Å². The molecule has 0 aliphatic rings. The molecule has 3 rings (SSSR count). The average Bonchev–Trinajstić information content (AvgIpc) is 3.06. The van der Waals surface area contributed by atoms with Crippen LogP contribution in [0.1, 0.15) is 17.1 Å². The number of hydrogen-bond acceptors (Lipinski definition) is 5. The molecule has 3 aromatic rings. The van der Waals surface area contributed by atoms with Crippen molar-refractivity contribution < 1.29 is 9.53 Å². The molecule has 2 aromatic heterocycles. The summed E-state index contributed by atoms with van der Waals surface area (Å²) in [5.41, 5.74) is 1.95. The van der Waals surface area contributed by atoms with E-state index in [0.29, 0.717) is 17.7 Å². The highest BCUT2D eigenvalue weighted by atomic mass is 16.5. The first-order valence-electron chi connectivity index (χ1n) is 7.83. The van der Waals surface area contributed by atoms with Gasteiger partial charge in [0, 0.05) is 12.5 Å². The number of amides is 1. The Morgan fingerprint density at radius 2 is 2.08 bits per heavy atom. The van der Waals surface area contributed by atoms with Gasteiger partial charge in [0.2, 0.25) is 5.91 Å². The van der Waals surface area contributed by atoms with Crippen LogP contribution in [0.4, 0.5) is 0 Å². The summed E-state index contributed by atoms with van der Waals surface area (Å²) in [6.45, 7) is 2.37. The number of ether oxygens (including phenoxy) is 1. The van der Waals surface area contributed by atoms with E-state index in [1.807, 2.05) is 25.1 Å². The number of hydrogen-bond donors (Lipinski definition) is 2. The topological polar surface area (TPSA) is 102 Å². The highest BCUT2D eigenvalue weighted by Gasteiger charge is 2.11. The van der Waals surface area contributed by atoms with Gasteiger partial charge < -0.3 is 10.1 Å². The van der Waals surface area contributed by atoms with E-state index in [0.717, 1.165) is 16.8 Å². The molecular formula is C17H19N5O3. The van der Waals surface area contributed by atoms with Crippen molar-refractivity contribution in [3.05, 3.63) is 57.8 Å². The Balaban J connectivity index is 1.69. The van der Waals surface area contributed by atoms with E-state index < -0.39 is 0 Å². The van der Waals surface area contributed by atoms with E-state index >= 15 is 0 Å². The Bertz CT molecular complexity index is 960. The Morgan fingerprint density at radius 3 is 2.84 bits per heavy atom. The third-order valence-electron chi connectivity index (χ3n) is 3.80. The molecule has 1 amide bonds. The molecule has 0 spiro atoms. The van der Waals surface area contributed by atoms with Crippen molar-refractivity contribution in [3.8, 4) is 0 Å². The van der Waals surface area contributed by atoms with Gasteiger partial charge in [0.15, 0.2) is 0 Å². The number of H-pyrrole nitrogens is 1. The molecule has 1 aromatic carbocycles. The van der Waals surface area contributed by atoms with Gasteiger partial charge in [0.05, 0.1) is 35.6 Å². The lowest BCUT2D eigenvalue weighted by Crippen LogP contribution is -2.33. The third kappa shape index (κ3) is 3.74. The Morgan fingerprint density at radius 1 is 1.32 bits per heavy atom. The minimum atomic E-state index is -0.299. The maximum atomic E-state index is 12.5. The average molecular weight is 341 g/mol. The number of carbonyl (C=O) groups excluding carboxylic acids is 1. The number of carbonyl (C=O) groups is 1. The summed E-state index contributed by atoms with van der Waals surface area (Å²) in [6.07, 6.45) is 0. The van der Waals surface area contributed by atoms with Gasteiger partial charge in [-0.2, -0.15) is 10.2 Å². The predicted molar refractivity (Wildman–Crippen MR) is 91.9 cm³/mol. The first kappa shape index (κ1) is 16.8. The lowest BCUT2D eigenvalue weighted by Gasteiger charge is -2.09. The predicted octanol–water partition coefficient (Wildman–Crippen LogP) is 0.891. The molecular weight excluding hydrogens is 322 g/mol. The molecule has 0 fully saturated rings. The number of aryl methyl sites for hydroxylation is 1. The molecule has 130 valence electrons. The molecule has 0 bridgehead atoms. The van der Waals surface area contributed by atoms with E-state index in [9.17, 15) is 9.59 Å². The molecule has 0 unspecified atom stereocenters. The molecule has 0 radical (unpaired) electrons. The van der Waals surface area contributed by atoms with Crippen molar-refractivity contribution in [1.29, 1.82) is 0 Å². The second kappa shape index (κ2) is 7.27. The van der Waals surface area contributed by atoms with Gasteiger partial charge in [0.25, 0.3) is 5.56 Å². The summed E-state index contributed by atoms with van der Waals surface area (Å²) in [4.78, 5) is 24.6. The summed E-state index contributed by atoms with van der Waals surface area (Å²) in [5.74, 6) is -0.299. The zero-order valence-electron chi connectivity index (χ0n) is 14.1. The first-order valence-corrected chi connectivity index (χ1v) is 7.83. The van der Waals surface area contributed by atoms with Crippen molar-refractivity contribution in [2.45, 2.75) is 26.6 Å². The first-order chi connectivity index (χ1) is 12.1. The second-order valence-electron chi connectivity index (χ2n) is 5.69. The number of fused-ring (bicyclic) bond motifs is 1. The molecule has 0 aliphatic carbocycles. The fourth-order valence-corrected chi connectivity index (χ4v) is 2.62. The van der Waals surface area contributed by atoms with E-state index in [1.165, 1.54) is 4.68 Å². The number of rotatable bonds is 6. The summed E-state index contributed by atoms with van der Waals surface area (Å²) < 4.78 is 6.18. The maximum Gasteiger partial charge on any atom is 0.275 e. The van der Waals surface area contributed by atoms with E-state index in [1.54, 1.807) is 19.2 Å². The fourth-order valence-electron chi connectivity index (χ4n) is 2.62. The van der Waals surface area contributed by atoms with Gasteiger partial charge in [-0.25, -0.2) is 4.68 Å². The van der Waals surface area contributed by atoms with Gasteiger partial charge in [-0.3, -0.25) is 14.7 Å². The van der Waals surface area contributed by atoms with Gasteiger partial charge in [-0.15, -0.1) is 0 Å². The van der Waals surface area contributed by atoms with E-state index in [2.05, 4.69) is 20.6 Å². The van der Waals surface area contributed by atoms with Gasteiger partial charge in [-0.05, 0) is 19.1 Å². The minimum Gasteiger partial charge on any atom is -0.378 e. The zero-order chi connectivity index (χ0) is 17.8. The van der Waals surface area contributed by atoms with Crippen LogP contribution < -0.4 is 10.9 Å². The van der Waals surface area contributed by atoms with Crippen molar-refractivity contribution >= 4 is 16.7 Å². The molecule has 0 saturated carbocycles. The standard InChI is InChI=1S/C17H19N5O3/c1-11-14-5-3-4-6-15(14)17(24)22(21-11)9-16(23)18-8-12-7-13(10-25-2)20-19-12/h3-7H,8-10H2,1-2H3,(H,18,23)(H,19,20). The number of aromatic amines is 1. The number of nitrogens with one attached hydrogen (secondary N) is 2. The Kier molecular flexibility index (Phi) is 4.90. The SMILES string of the molecule is COCc1cc(CNC(=O)Cn2nc(C)c3ccccc3c2=O)[nH]n1. The highest BCUT2D eigenvalue weighted by molar-refractivity contribution is 5.83. The van der Waals surface area contributed by atoms with Gasteiger partial charge >= 0.3 is 0 Å². The van der Waals surface area contributed by atoms with Gasteiger partial charge in [-0.1, -0.05) is 18.2 Å². The van der Waals surface area contributed by atoms with Crippen molar-refractivity contribution in [3.63, 3.8) is 0 Å². The Labute approximate surface area is 143 Å². The third-order valence-corrected chi connectivity index (χ3v) is 3.80. The molecule has 0 saturated heterocycles. The molecule has 8 nitrogen and oxygen atoms in total. The minimum absolute atomic E-state index is 0.135. The number of aromatic nitrogens is 4. The largest absolute Gasteiger partial charge is 0.378 e. The van der Waals surface area contributed by atoms with Crippen LogP contribution in [0.15, 0.2) is 35.1 Å². The molecule has 8 heteroatoms. The fraction of sp³-hybridized carbons (Fsp3) is 0.294. The smallest absolute Gasteiger partial charge is 0.275 e. The molecule has 25 heavy (non-hydrogen) atoms. The zero-order valence-corrected chi connectivity index (χ0v) is 14.1. The maximum absolute atomic E-state index is 12.5. The monoisotopic (exact) mass is 341 g/mol. The van der Waals surface area contributed by atoms with Crippen LogP contribution in [0.2, 0.25) is 0 Å². The van der Waals surface area contributed by atoms with Crippen LogP contribution in [-0.4, -0.2) is 33.0 Å². The molecule has 0 atom stereocenters. The van der Waals surface area contributed by atoms with Crippen molar-refractivity contribution in [2.24, 2.45) is 0 Å². The summed E-state index contributed by atoms with van der Waals surface area (Å²) in [7, 11) is 1.59. The van der Waals surface area contributed by atoms with Crippen LogP contribution >= 0.6 is 0 Å². The quantitative estimate of drug-likeness (QED) is 0.693. The highest BCUT2D eigenvalue weighted by Crippen LogP contribution is 2.11. The number of nitrogens with zero attached hydrogens (tertiary/aromatic N) is 3. The number of methoxy groups -OCH3 is 1. The molecule has 0 aliphatic heterocycles. The van der Waals surface area contributed by atoms with Crippen molar-refractivity contribution in [2.75, 3.05) is 7.11 Å². The lowest BCUT2D eigenvalue weighted by molar-refractivity contribution is -0.122. The molecule has 2 N–H and O–H groups in total. The summed E-state index contributed by atoms with van der Waals surface area (Å²) in [6, 6.07) is 9.05. The van der Waals surface area contributed by atoms with Crippen LogP contribution in [0.25, 0.3) is 10.8 Å². The van der Waals surface area contributed by atoms with Crippen LogP contribution in [0.5, 0.6) is 0 Å². The number of benzene rings is 1. The lowest BCUT2D eigenvalue weighted by atomic mass is 10.1. The van der Waals surface area contributed by atoms with Crippen LogP contribution in [-0.2, 0) is 29.2 Å². The van der Waals surface area contributed by atoms with Gasteiger partial charge in [0.1, 0.15) is 6.54 Å². The molecule has 2 heterocycles. The summed E-state index contributed by atoms with van der Waals surface area (Å²) >= 11 is 0. The van der Waals surface area contributed by atoms with E-state index in [4.69, 9.17) is 4.74 Å². The normalized spacial score (nSPS) is 11.0. The van der Waals surface area contributed by atoms with Crippen LogP contribution in [0.3, 0.4) is 0 Å². The summed E-state index contributed by atoms with van der Waals surface area (Å²) in [5, 5.41) is 15.2. The second-order valence-corrected chi connectivity index (χ2v) is 5.69. The van der Waals surface area contributed by atoms with E-state index in [-0.39, 0.29) is 24.6 Å². The Hall–Kier alpha value is -3.00. The van der Waals surface area contributed by atoms with Crippen LogP contribution in [0, 0.1) is 6.92 Å².